The maximum absolute atomic E-state index is 13.8. The second-order valence-corrected chi connectivity index (χ2v) is 7.54. The fraction of sp³-hybridized carbons (Fsp3) is 0.700. The zero-order valence-corrected chi connectivity index (χ0v) is 15.0. The number of benzene rings is 1. The quantitative estimate of drug-likeness (QED) is 0.610. The zero-order chi connectivity index (χ0) is 18.7. The molecule has 0 N–H and O–H groups in total. The highest BCUT2D eigenvalue weighted by Crippen LogP contribution is 2.40. The van der Waals surface area contributed by atoms with Gasteiger partial charge in [-0.05, 0) is 55.7 Å². The third kappa shape index (κ3) is 4.58. The largest absolute Gasteiger partial charge is 0.419 e. The van der Waals surface area contributed by atoms with Crippen LogP contribution in [-0.4, -0.2) is 19.5 Å². The summed E-state index contributed by atoms with van der Waals surface area (Å²) in [5.74, 6) is -0.298. The fourth-order valence-electron chi connectivity index (χ4n) is 4.15. The minimum Gasteiger partial charge on any atom is -0.352 e. The lowest BCUT2D eigenvalue weighted by molar-refractivity contribution is -0.229. The summed E-state index contributed by atoms with van der Waals surface area (Å²) in [4.78, 5) is 0. The van der Waals surface area contributed by atoms with Gasteiger partial charge in [-0.1, -0.05) is 19.4 Å². The van der Waals surface area contributed by atoms with Crippen molar-refractivity contribution >= 4 is 0 Å². The number of alkyl halides is 3. The third-order valence-corrected chi connectivity index (χ3v) is 5.62. The lowest BCUT2D eigenvalue weighted by Crippen LogP contribution is -2.38. The van der Waals surface area contributed by atoms with Crippen LogP contribution in [0.4, 0.5) is 17.6 Å². The van der Waals surface area contributed by atoms with E-state index in [9.17, 15) is 17.6 Å². The van der Waals surface area contributed by atoms with E-state index in [4.69, 9.17) is 9.47 Å². The van der Waals surface area contributed by atoms with E-state index in [0.29, 0.717) is 17.4 Å². The van der Waals surface area contributed by atoms with Gasteiger partial charge in [0.2, 0.25) is 0 Å². The summed E-state index contributed by atoms with van der Waals surface area (Å²) in [7, 11) is 0. The molecule has 0 radical (unpaired) electrons. The van der Waals surface area contributed by atoms with Gasteiger partial charge in [-0.15, -0.1) is 0 Å². The molecule has 0 atom stereocenters. The van der Waals surface area contributed by atoms with Gasteiger partial charge < -0.3 is 9.47 Å². The molecule has 2 aliphatic rings. The Morgan fingerprint density at radius 1 is 1.04 bits per heavy atom. The monoisotopic (exact) mass is 374 g/mol. The summed E-state index contributed by atoms with van der Waals surface area (Å²) in [5.41, 5.74) is -0.539. The zero-order valence-electron chi connectivity index (χ0n) is 15.0. The van der Waals surface area contributed by atoms with Crippen molar-refractivity contribution in [2.24, 2.45) is 11.8 Å². The van der Waals surface area contributed by atoms with Gasteiger partial charge in [0.1, 0.15) is 5.82 Å². The van der Waals surface area contributed by atoms with Gasteiger partial charge in [-0.25, -0.2) is 4.39 Å². The van der Waals surface area contributed by atoms with Crippen molar-refractivity contribution in [2.45, 2.75) is 63.8 Å². The van der Waals surface area contributed by atoms with Crippen LogP contribution < -0.4 is 0 Å². The standard InChI is InChI=1S/C20H26F4O2/c1-2-3-13-11-25-19(26-12-13)15-6-4-14(5-7-15)16-8-9-17(18(21)10-16)20(22,23)24/h8-10,13-15,19H,2-7,11-12H2,1H3. The van der Waals surface area contributed by atoms with Gasteiger partial charge in [0.15, 0.2) is 6.29 Å². The molecule has 0 aromatic heterocycles. The Kier molecular flexibility index (Phi) is 6.23. The first kappa shape index (κ1) is 19.6. The number of rotatable bonds is 4. The molecule has 0 unspecified atom stereocenters. The van der Waals surface area contributed by atoms with Crippen molar-refractivity contribution in [3.8, 4) is 0 Å². The van der Waals surface area contributed by atoms with E-state index in [2.05, 4.69) is 6.92 Å². The number of halogens is 4. The Morgan fingerprint density at radius 3 is 2.23 bits per heavy atom. The van der Waals surface area contributed by atoms with Crippen LogP contribution in [0.5, 0.6) is 0 Å². The second-order valence-electron chi connectivity index (χ2n) is 7.54. The maximum Gasteiger partial charge on any atom is 0.419 e. The van der Waals surface area contributed by atoms with Crippen LogP contribution in [-0.2, 0) is 15.7 Å². The Morgan fingerprint density at radius 2 is 1.69 bits per heavy atom. The Hall–Kier alpha value is -1.14. The van der Waals surface area contributed by atoms with Crippen molar-refractivity contribution in [3.05, 3.63) is 35.1 Å². The highest BCUT2D eigenvalue weighted by atomic mass is 19.4. The second kappa shape index (κ2) is 8.26. The lowest BCUT2D eigenvalue weighted by Gasteiger charge is -2.37. The van der Waals surface area contributed by atoms with Gasteiger partial charge in [-0.2, -0.15) is 13.2 Å². The summed E-state index contributed by atoms with van der Waals surface area (Å²) in [5, 5.41) is 0. The summed E-state index contributed by atoms with van der Waals surface area (Å²) >= 11 is 0. The van der Waals surface area contributed by atoms with Gasteiger partial charge >= 0.3 is 6.18 Å². The normalized spacial score (nSPS) is 30.3. The lowest BCUT2D eigenvalue weighted by atomic mass is 9.78. The molecule has 0 amide bonds. The average Bonchev–Trinajstić information content (AvgIpc) is 2.62. The third-order valence-electron chi connectivity index (χ3n) is 5.62. The Labute approximate surface area is 151 Å². The molecule has 1 aliphatic carbocycles. The summed E-state index contributed by atoms with van der Waals surface area (Å²) in [6.07, 6.45) is 0.816. The topological polar surface area (TPSA) is 18.5 Å². The average molecular weight is 374 g/mol. The molecule has 6 heteroatoms. The van der Waals surface area contributed by atoms with E-state index < -0.39 is 17.6 Å². The number of ether oxygens (including phenoxy) is 2. The summed E-state index contributed by atoms with van der Waals surface area (Å²) < 4.78 is 63.6. The van der Waals surface area contributed by atoms with Gasteiger partial charge in [0.25, 0.3) is 0 Å². The van der Waals surface area contributed by atoms with E-state index in [0.717, 1.165) is 63.9 Å². The molecule has 2 fully saturated rings. The smallest absolute Gasteiger partial charge is 0.352 e. The van der Waals surface area contributed by atoms with Crippen LogP contribution >= 0.6 is 0 Å². The number of hydrogen-bond acceptors (Lipinski definition) is 2. The molecule has 3 rings (SSSR count). The van der Waals surface area contributed by atoms with Crippen LogP contribution in [0.2, 0.25) is 0 Å². The minimum atomic E-state index is -4.65. The van der Waals surface area contributed by atoms with Crippen LogP contribution in [0.1, 0.15) is 62.5 Å². The molecule has 1 heterocycles. The van der Waals surface area contributed by atoms with Crippen LogP contribution in [0, 0.1) is 17.7 Å². The van der Waals surface area contributed by atoms with Crippen LogP contribution in [0.25, 0.3) is 0 Å². The maximum atomic E-state index is 13.8. The molecular weight excluding hydrogens is 348 g/mol. The first-order chi connectivity index (χ1) is 12.4. The van der Waals surface area contributed by atoms with Gasteiger partial charge in [0, 0.05) is 11.8 Å². The molecule has 1 saturated carbocycles. The first-order valence-corrected chi connectivity index (χ1v) is 9.48. The molecular formula is C20H26F4O2. The van der Waals surface area contributed by atoms with E-state index in [1.165, 1.54) is 6.07 Å². The molecule has 1 aromatic rings. The molecule has 1 aliphatic heterocycles. The molecule has 26 heavy (non-hydrogen) atoms. The highest BCUT2D eigenvalue weighted by Gasteiger charge is 2.36. The van der Waals surface area contributed by atoms with Crippen molar-refractivity contribution in [2.75, 3.05) is 13.2 Å². The molecule has 1 saturated heterocycles. The van der Waals surface area contributed by atoms with E-state index in [-0.39, 0.29) is 12.2 Å². The Balaban J connectivity index is 1.53. The van der Waals surface area contributed by atoms with E-state index >= 15 is 0 Å². The fourth-order valence-corrected chi connectivity index (χ4v) is 4.15. The molecule has 2 nitrogen and oxygen atoms in total. The summed E-state index contributed by atoms with van der Waals surface area (Å²) in [6, 6.07) is 3.33. The van der Waals surface area contributed by atoms with Crippen LogP contribution in [0.3, 0.4) is 0 Å². The first-order valence-electron chi connectivity index (χ1n) is 9.48. The number of hydrogen-bond donors (Lipinski definition) is 0. The van der Waals surface area contributed by atoms with E-state index in [1.807, 2.05) is 0 Å². The molecule has 146 valence electrons. The summed E-state index contributed by atoms with van der Waals surface area (Å²) in [6.45, 7) is 3.63. The Bertz CT molecular complexity index is 586. The van der Waals surface area contributed by atoms with Gasteiger partial charge in [0.05, 0.1) is 18.8 Å². The molecule has 0 spiro atoms. The van der Waals surface area contributed by atoms with E-state index in [1.54, 1.807) is 0 Å². The molecule has 0 bridgehead atoms. The minimum absolute atomic E-state index is 0.0967. The van der Waals surface area contributed by atoms with Crippen molar-refractivity contribution in [3.63, 3.8) is 0 Å². The predicted molar refractivity (Wildman–Crippen MR) is 90.2 cm³/mol. The molecule has 1 aromatic carbocycles. The predicted octanol–water partition coefficient (Wildman–Crippen LogP) is 5.91. The van der Waals surface area contributed by atoms with Crippen molar-refractivity contribution in [1.29, 1.82) is 0 Å². The SMILES string of the molecule is CCCC1COC(C2CCC(c3ccc(C(F)(F)F)c(F)c3)CC2)OC1. The highest BCUT2D eigenvalue weighted by molar-refractivity contribution is 5.29. The van der Waals surface area contributed by atoms with Crippen LogP contribution in [0.15, 0.2) is 18.2 Å². The van der Waals surface area contributed by atoms with Crippen molar-refractivity contribution in [1.82, 2.24) is 0 Å². The van der Waals surface area contributed by atoms with Crippen molar-refractivity contribution < 1.29 is 27.0 Å². The van der Waals surface area contributed by atoms with Gasteiger partial charge in [-0.3, -0.25) is 0 Å².